The topological polar surface area (TPSA) is 64.7 Å². The van der Waals surface area contributed by atoms with Crippen LogP contribution < -0.4 is 5.73 Å². The highest BCUT2D eigenvalue weighted by Crippen LogP contribution is 2.22. The summed E-state index contributed by atoms with van der Waals surface area (Å²) in [7, 11) is 0. The Morgan fingerprint density at radius 3 is 2.04 bits per heavy atom. The van der Waals surface area contributed by atoms with Crippen LogP contribution in [0.1, 0.15) is 11.3 Å². The molecule has 0 saturated carbocycles. The zero-order chi connectivity index (χ0) is 17.5. The Morgan fingerprint density at radius 1 is 0.760 bits per heavy atom. The van der Waals surface area contributed by atoms with E-state index < -0.39 is 0 Å². The Labute approximate surface area is 154 Å². The molecule has 0 radical (unpaired) electrons. The lowest BCUT2D eigenvalue weighted by Crippen LogP contribution is -2.01. The summed E-state index contributed by atoms with van der Waals surface area (Å²) in [6, 6.07) is 21.9. The summed E-state index contributed by atoms with van der Waals surface area (Å²) in [5.74, 6) is 0.476. The molecule has 0 bridgehead atoms. The highest BCUT2D eigenvalue weighted by molar-refractivity contribution is 9.10. The average Bonchev–Trinajstić information content (AvgIpc) is 2.66. The first-order valence-electron chi connectivity index (χ1n) is 7.83. The molecule has 4 aromatic rings. The number of halogens is 1. The van der Waals surface area contributed by atoms with Crippen LogP contribution in [0.4, 0.5) is 5.82 Å². The fourth-order valence-electron chi connectivity index (χ4n) is 2.42. The molecular formula is C20H17BrN4. The predicted octanol–water partition coefficient (Wildman–Crippen LogP) is 4.65. The molecule has 2 N–H and O–H groups in total. The van der Waals surface area contributed by atoms with Gasteiger partial charge in [0.2, 0.25) is 0 Å². The number of benzene rings is 2. The minimum atomic E-state index is 0.476. The van der Waals surface area contributed by atoms with Crippen molar-refractivity contribution in [2.75, 3.05) is 5.73 Å². The first-order chi connectivity index (χ1) is 12.2. The van der Waals surface area contributed by atoms with E-state index in [9.17, 15) is 0 Å². The second-order valence-corrected chi connectivity index (χ2v) is 6.32. The smallest absolute Gasteiger partial charge is 0.153 e. The molecule has 0 spiro atoms. The molecule has 25 heavy (non-hydrogen) atoms. The third kappa shape index (κ3) is 4.61. The molecule has 124 valence electrons. The second-order valence-electron chi connectivity index (χ2n) is 5.41. The maximum absolute atomic E-state index is 5.83. The summed E-state index contributed by atoms with van der Waals surface area (Å²) in [6.45, 7) is 0. The summed E-state index contributed by atoms with van der Waals surface area (Å²) >= 11 is 3.31. The Balaban J connectivity index is 0.000000219. The number of rotatable bonds is 2. The van der Waals surface area contributed by atoms with Gasteiger partial charge in [0.05, 0.1) is 5.69 Å². The minimum absolute atomic E-state index is 0.476. The van der Waals surface area contributed by atoms with Crippen LogP contribution in [0.15, 0.2) is 83.6 Å². The number of hydrogen-bond acceptors (Lipinski definition) is 4. The fourth-order valence-corrected chi connectivity index (χ4v) is 2.72. The molecule has 2 aromatic heterocycles. The SMILES string of the molecule is Brc1ccccc1.Nc1nnc(Cc2ccncc2)c2ccccc12. The van der Waals surface area contributed by atoms with Crippen LogP contribution in [0, 0.1) is 0 Å². The van der Waals surface area contributed by atoms with Gasteiger partial charge in [0.15, 0.2) is 5.82 Å². The van der Waals surface area contributed by atoms with Gasteiger partial charge in [-0.2, -0.15) is 5.10 Å². The summed E-state index contributed by atoms with van der Waals surface area (Å²) in [4.78, 5) is 4.01. The van der Waals surface area contributed by atoms with E-state index in [0.717, 1.165) is 32.9 Å². The molecule has 2 heterocycles. The Kier molecular flexibility index (Phi) is 5.69. The van der Waals surface area contributed by atoms with Crippen LogP contribution in [0.3, 0.4) is 0 Å². The Bertz CT molecular complexity index is 943. The molecule has 0 fully saturated rings. The van der Waals surface area contributed by atoms with E-state index in [4.69, 9.17) is 5.73 Å². The van der Waals surface area contributed by atoms with Crippen LogP contribution in [-0.2, 0) is 6.42 Å². The number of nitrogen functional groups attached to an aromatic ring is 1. The molecule has 0 saturated heterocycles. The summed E-state index contributed by atoms with van der Waals surface area (Å²) < 4.78 is 1.13. The van der Waals surface area contributed by atoms with Gasteiger partial charge in [-0.1, -0.05) is 58.4 Å². The van der Waals surface area contributed by atoms with Crippen LogP contribution in [0.2, 0.25) is 0 Å². The Hall–Kier alpha value is -2.79. The van der Waals surface area contributed by atoms with Gasteiger partial charge in [0.1, 0.15) is 0 Å². The molecule has 5 heteroatoms. The lowest BCUT2D eigenvalue weighted by atomic mass is 10.1. The van der Waals surface area contributed by atoms with Crippen molar-refractivity contribution in [1.29, 1.82) is 0 Å². The van der Waals surface area contributed by atoms with Gasteiger partial charge in [-0.05, 0) is 29.8 Å². The zero-order valence-electron chi connectivity index (χ0n) is 13.5. The first-order valence-corrected chi connectivity index (χ1v) is 8.62. The lowest BCUT2D eigenvalue weighted by molar-refractivity contribution is 0.963. The lowest BCUT2D eigenvalue weighted by Gasteiger charge is -2.06. The van der Waals surface area contributed by atoms with Crippen molar-refractivity contribution in [3.8, 4) is 0 Å². The van der Waals surface area contributed by atoms with Crippen molar-refractivity contribution in [2.45, 2.75) is 6.42 Å². The molecule has 2 aromatic carbocycles. The Morgan fingerprint density at radius 2 is 1.40 bits per heavy atom. The summed E-state index contributed by atoms with van der Waals surface area (Å²) in [6.07, 6.45) is 4.29. The van der Waals surface area contributed by atoms with E-state index in [-0.39, 0.29) is 0 Å². The number of pyridine rings is 1. The molecule has 0 aliphatic rings. The van der Waals surface area contributed by atoms with Crippen molar-refractivity contribution < 1.29 is 0 Å². The quantitative estimate of drug-likeness (QED) is 0.539. The van der Waals surface area contributed by atoms with Crippen molar-refractivity contribution in [1.82, 2.24) is 15.2 Å². The number of hydrogen-bond donors (Lipinski definition) is 1. The maximum atomic E-state index is 5.83. The molecule has 0 amide bonds. The van der Waals surface area contributed by atoms with Crippen LogP contribution >= 0.6 is 15.9 Å². The molecule has 0 unspecified atom stereocenters. The predicted molar refractivity (Wildman–Crippen MR) is 105 cm³/mol. The average molecular weight is 393 g/mol. The fraction of sp³-hybridized carbons (Fsp3) is 0.0500. The van der Waals surface area contributed by atoms with E-state index in [2.05, 4.69) is 31.1 Å². The number of anilines is 1. The van der Waals surface area contributed by atoms with Gasteiger partial charge in [-0.25, -0.2) is 0 Å². The van der Waals surface area contributed by atoms with Crippen molar-refractivity contribution >= 4 is 32.5 Å². The van der Waals surface area contributed by atoms with E-state index in [1.165, 1.54) is 0 Å². The van der Waals surface area contributed by atoms with Crippen LogP contribution in [0.5, 0.6) is 0 Å². The summed E-state index contributed by atoms with van der Waals surface area (Å²) in [5.41, 5.74) is 7.93. The van der Waals surface area contributed by atoms with Gasteiger partial charge in [0.25, 0.3) is 0 Å². The zero-order valence-corrected chi connectivity index (χ0v) is 15.1. The second kappa shape index (κ2) is 8.35. The highest BCUT2D eigenvalue weighted by Gasteiger charge is 2.07. The van der Waals surface area contributed by atoms with Crippen LogP contribution in [-0.4, -0.2) is 15.2 Å². The molecule has 0 aliphatic carbocycles. The third-order valence-corrected chi connectivity index (χ3v) is 4.18. The van der Waals surface area contributed by atoms with Gasteiger partial charge < -0.3 is 5.73 Å². The van der Waals surface area contributed by atoms with Gasteiger partial charge in [-0.3, -0.25) is 4.98 Å². The van der Waals surface area contributed by atoms with E-state index in [1.54, 1.807) is 12.4 Å². The molecular weight excluding hydrogens is 376 g/mol. The number of nitrogens with two attached hydrogens (primary N) is 1. The van der Waals surface area contributed by atoms with Crippen molar-refractivity contribution in [3.05, 3.63) is 94.9 Å². The number of fused-ring (bicyclic) bond motifs is 1. The molecule has 0 aliphatic heterocycles. The molecule has 4 nitrogen and oxygen atoms in total. The maximum Gasteiger partial charge on any atom is 0.153 e. The molecule has 0 atom stereocenters. The van der Waals surface area contributed by atoms with Gasteiger partial charge >= 0.3 is 0 Å². The van der Waals surface area contributed by atoms with Gasteiger partial charge in [-0.15, -0.1) is 5.10 Å². The van der Waals surface area contributed by atoms with Crippen molar-refractivity contribution in [3.63, 3.8) is 0 Å². The largest absolute Gasteiger partial charge is 0.382 e. The van der Waals surface area contributed by atoms with E-state index >= 15 is 0 Å². The van der Waals surface area contributed by atoms with E-state index in [0.29, 0.717) is 5.82 Å². The highest BCUT2D eigenvalue weighted by atomic mass is 79.9. The monoisotopic (exact) mass is 392 g/mol. The summed E-state index contributed by atoms with van der Waals surface area (Å²) in [5, 5.41) is 10.2. The number of aromatic nitrogens is 3. The standard InChI is InChI=1S/C14H12N4.C6H5Br/c15-14-12-4-2-1-3-11(12)13(17-18-14)9-10-5-7-16-8-6-10;7-6-4-2-1-3-5-6/h1-8H,9H2,(H2,15,18);1-5H. The van der Waals surface area contributed by atoms with Gasteiger partial charge in [0, 0.05) is 34.1 Å². The molecule has 4 rings (SSSR count). The van der Waals surface area contributed by atoms with E-state index in [1.807, 2.05) is 66.7 Å². The third-order valence-electron chi connectivity index (χ3n) is 3.65. The normalized spacial score (nSPS) is 10.1. The minimum Gasteiger partial charge on any atom is -0.382 e. The first kappa shape index (κ1) is 17.0. The number of nitrogens with zero attached hydrogens (tertiary/aromatic N) is 3. The van der Waals surface area contributed by atoms with Crippen LogP contribution in [0.25, 0.3) is 10.8 Å². The van der Waals surface area contributed by atoms with Crippen molar-refractivity contribution in [2.24, 2.45) is 0 Å².